The normalized spacial score (nSPS) is 18.3. The zero-order chi connectivity index (χ0) is 13.9. The van der Waals surface area contributed by atoms with Crippen molar-refractivity contribution in [2.24, 2.45) is 5.92 Å². The van der Waals surface area contributed by atoms with Gasteiger partial charge in [0.25, 0.3) is 0 Å². The van der Waals surface area contributed by atoms with Crippen molar-refractivity contribution in [1.29, 1.82) is 0 Å². The smallest absolute Gasteiger partial charge is 0.244 e. The molecule has 1 saturated heterocycles. The SMILES string of the molecule is O=C(Nn1cnnc1)[C@@H]1CC(=O)N(c2ccccc2)C1. The molecule has 7 heteroatoms. The van der Waals surface area contributed by atoms with Gasteiger partial charge < -0.3 is 4.90 Å². The van der Waals surface area contributed by atoms with Gasteiger partial charge in [-0.05, 0) is 12.1 Å². The number of hydrogen-bond donors (Lipinski definition) is 1. The summed E-state index contributed by atoms with van der Waals surface area (Å²) >= 11 is 0. The molecule has 2 amide bonds. The molecule has 0 bridgehead atoms. The molecule has 0 aliphatic carbocycles. The quantitative estimate of drug-likeness (QED) is 0.876. The Balaban J connectivity index is 1.69. The van der Waals surface area contributed by atoms with Gasteiger partial charge in [0.05, 0.1) is 5.92 Å². The molecule has 102 valence electrons. The Morgan fingerprint density at radius 1 is 1.20 bits per heavy atom. The van der Waals surface area contributed by atoms with E-state index in [-0.39, 0.29) is 24.2 Å². The molecule has 0 spiro atoms. The molecule has 2 heterocycles. The third-order valence-electron chi connectivity index (χ3n) is 3.22. The van der Waals surface area contributed by atoms with Gasteiger partial charge in [0, 0.05) is 18.7 Å². The van der Waals surface area contributed by atoms with E-state index in [0.717, 1.165) is 5.69 Å². The topological polar surface area (TPSA) is 80.1 Å². The number of nitrogens with one attached hydrogen (secondary N) is 1. The van der Waals surface area contributed by atoms with Gasteiger partial charge in [0.2, 0.25) is 11.8 Å². The minimum Gasteiger partial charge on any atom is -0.312 e. The average Bonchev–Trinajstić information content (AvgIpc) is 3.09. The van der Waals surface area contributed by atoms with Gasteiger partial charge in [-0.15, -0.1) is 10.2 Å². The highest BCUT2D eigenvalue weighted by atomic mass is 16.2. The summed E-state index contributed by atoms with van der Waals surface area (Å²) < 4.78 is 1.37. The summed E-state index contributed by atoms with van der Waals surface area (Å²) in [6, 6.07) is 9.34. The van der Waals surface area contributed by atoms with Crippen molar-refractivity contribution in [3.63, 3.8) is 0 Å². The van der Waals surface area contributed by atoms with Crippen LogP contribution in [0.4, 0.5) is 5.69 Å². The van der Waals surface area contributed by atoms with Gasteiger partial charge >= 0.3 is 0 Å². The van der Waals surface area contributed by atoms with Crippen molar-refractivity contribution in [3.8, 4) is 0 Å². The van der Waals surface area contributed by atoms with Crippen LogP contribution in [-0.4, -0.2) is 33.2 Å². The summed E-state index contributed by atoms with van der Waals surface area (Å²) in [7, 11) is 0. The standard InChI is InChI=1S/C13H13N5O2/c19-12-6-10(13(20)16-17-8-14-15-9-17)7-18(12)11-4-2-1-3-5-11/h1-5,8-10H,6-7H2,(H,16,20)/t10-/m1/s1. The van der Waals surface area contributed by atoms with Crippen molar-refractivity contribution in [2.45, 2.75) is 6.42 Å². The molecule has 7 nitrogen and oxygen atoms in total. The van der Waals surface area contributed by atoms with Gasteiger partial charge in [0.1, 0.15) is 12.7 Å². The largest absolute Gasteiger partial charge is 0.312 e. The minimum absolute atomic E-state index is 0.0416. The van der Waals surface area contributed by atoms with Crippen molar-refractivity contribution in [3.05, 3.63) is 43.0 Å². The van der Waals surface area contributed by atoms with Crippen LogP contribution >= 0.6 is 0 Å². The van der Waals surface area contributed by atoms with E-state index in [9.17, 15) is 9.59 Å². The monoisotopic (exact) mass is 271 g/mol. The van der Waals surface area contributed by atoms with Crippen LogP contribution in [0.5, 0.6) is 0 Å². The van der Waals surface area contributed by atoms with Crippen molar-refractivity contribution < 1.29 is 9.59 Å². The van der Waals surface area contributed by atoms with Gasteiger partial charge in [-0.2, -0.15) is 0 Å². The van der Waals surface area contributed by atoms with E-state index in [1.54, 1.807) is 4.90 Å². The molecule has 1 aromatic carbocycles. The number of carbonyl (C=O) groups excluding carboxylic acids is 2. The van der Waals surface area contributed by atoms with E-state index in [4.69, 9.17) is 0 Å². The van der Waals surface area contributed by atoms with E-state index < -0.39 is 0 Å². The van der Waals surface area contributed by atoms with Crippen molar-refractivity contribution in [1.82, 2.24) is 14.9 Å². The molecule has 1 aliphatic heterocycles. The number of benzene rings is 1. The predicted octanol–water partition coefficient (Wildman–Crippen LogP) is 0.401. The molecule has 2 aromatic rings. The maximum Gasteiger partial charge on any atom is 0.244 e. The second-order valence-electron chi connectivity index (χ2n) is 4.59. The highest BCUT2D eigenvalue weighted by molar-refractivity contribution is 6.01. The fourth-order valence-corrected chi connectivity index (χ4v) is 2.22. The van der Waals surface area contributed by atoms with Gasteiger partial charge in [-0.1, -0.05) is 18.2 Å². The molecule has 0 saturated carbocycles. The predicted molar refractivity (Wildman–Crippen MR) is 71.3 cm³/mol. The number of anilines is 1. The second kappa shape index (κ2) is 5.12. The lowest BCUT2D eigenvalue weighted by Crippen LogP contribution is -2.31. The molecule has 1 fully saturated rings. The Morgan fingerprint density at radius 2 is 1.90 bits per heavy atom. The zero-order valence-corrected chi connectivity index (χ0v) is 10.6. The first-order valence-electron chi connectivity index (χ1n) is 6.25. The van der Waals surface area contributed by atoms with Crippen molar-refractivity contribution in [2.75, 3.05) is 16.9 Å². The van der Waals surface area contributed by atoms with Crippen LogP contribution < -0.4 is 10.3 Å². The van der Waals surface area contributed by atoms with Gasteiger partial charge in [-0.3, -0.25) is 15.0 Å². The summed E-state index contributed by atoms with van der Waals surface area (Å²) in [6.07, 6.45) is 3.00. The van der Waals surface area contributed by atoms with Crippen molar-refractivity contribution >= 4 is 17.5 Å². The molecule has 1 aromatic heterocycles. The first-order chi connectivity index (χ1) is 9.74. The van der Waals surface area contributed by atoms with E-state index in [2.05, 4.69) is 15.6 Å². The minimum atomic E-state index is -0.370. The lowest BCUT2D eigenvalue weighted by atomic mass is 10.1. The average molecular weight is 271 g/mol. The Bertz CT molecular complexity index is 611. The highest BCUT2D eigenvalue weighted by Crippen LogP contribution is 2.24. The van der Waals surface area contributed by atoms with E-state index in [1.165, 1.54) is 17.3 Å². The van der Waals surface area contributed by atoms with Crippen LogP contribution in [0.25, 0.3) is 0 Å². The molecular weight excluding hydrogens is 258 g/mol. The number of nitrogens with zero attached hydrogens (tertiary/aromatic N) is 4. The summed E-state index contributed by atoms with van der Waals surface area (Å²) in [5, 5.41) is 7.20. The first-order valence-corrected chi connectivity index (χ1v) is 6.25. The lowest BCUT2D eigenvalue weighted by Gasteiger charge is -2.16. The third-order valence-corrected chi connectivity index (χ3v) is 3.22. The Hall–Kier alpha value is -2.70. The lowest BCUT2D eigenvalue weighted by molar-refractivity contribution is -0.123. The van der Waals surface area contributed by atoms with Crippen LogP contribution in [0, 0.1) is 5.92 Å². The Morgan fingerprint density at radius 3 is 2.60 bits per heavy atom. The third kappa shape index (κ3) is 2.37. The zero-order valence-electron chi connectivity index (χ0n) is 10.6. The number of amides is 2. The Labute approximate surface area is 115 Å². The fraction of sp³-hybridized carbons (Fsp3) is 0.231. The van der Waals surface area contributed by atoms with E-state index >= 15 is 0 Å². The molecule has 0 radical (unpaired) electrons. The summed E-state index contributed by atoms with van der Waals surface area (Å²) in [4.78, 5) is 25.7. The number of carbonyl (C=O) groups is 2. The second-order valence-corrected chi connectivity index (χ2v) is 4.59. The van der Waals surface area contributed by atoms with Gasteiger partial charge in [-0.25, -0.2) is 4.68 Å². The summed E-state index contributed by atoms with van der Waals surface area (Å²) in [5.74, 6) is -0.623. The van der Waals surface area contributed by atoms with Gasteiger partial charge in [0.15, 0.2) is 0 Å². The summed E-state index contributed by atoms with van der Waals surface area (Å²) in [6.45, 7) is 0.386. The Kier molecular flexibility index (Phi) is 3.16. The highest BCUT2D eigenvalue weighted by Gasteiger charge is 2.35. The van der Waals surface area contributed by atoms with Crippen LogP contribution in [0.15, 0.2) is 43.0 Å². The van der Waals surface area contributed by atoms with Crippen LogP contribution in [0.2, 0.25) is 0 Å². The van der Waals surface area contributed by atoms with Crippen LogP contribution in [0.3, 0.4) is 0 Å². The number of para-hydroxylation sites is 1. The maximum absolute atomic E-state index is 12.1. The number of aromatic nitrogens is 3. The fourth-order valence-electron chi connectivity index (χ4n) is 2.22. The number of hydrogen-bond acceptors (Lipinski definition) is 4. The van der Waals surface area contributed by atoms with E-state index in [0.29, 0.717) is 6.54 Å². The molecule has 20 heavy (non-hydrogen) atoms. The molecule has 0 unspecified atom stereocenters. The molecule has 1 aliphatic rings. The number of rotatable bonds is 3. The molecular formula is C13H13N5O2. The van der Waals surface area contributed by atoms with E-state index in [1.807, 2.05) is 30.3 Å². The molecule has 1 N–H and O–H groups in total. The molecule has 3 rings (SSSR count). The molecule has 1 atom stereocenters. The first kappa shape index (κ1) is 12.3. The summed E-state index contributed by atoms with van der Waals surface area (Å²) in [5.41, 5.74) is 3.45. The van der Waals surface area contributed by atoms with Crippen LogP contribution in [0.1, 0.15) is 6.42 Å². The van der Waals surface area contributed by atoms with Crippen LogP contribution in [-0.2, 0) is 9.59 Å². The maximum atomic E-state index is 12.1.